The van der Waals surface area contributed by atoms with Crippen molar-refractivity contribution in [3.63, 3.8) is 0 Å². The van der Waals surface area contributed by atoms with Gasteiger partial charge in [0.25, 0.3) is 10.0 Å². The molecule has 0 saturated carbocycles. The minimum absolute atomic E-state index is 0.0165. The maximum absolute atomic E-state index is 12.6. The molecule has 0 aromatic heterocycles. The molecule has 0 aliphatic heterocycles. The molecule has 0 aliphatic carbocycles. The monoisotopic (exact) mass is 288 g/mol. The summed E-state index contributed by atoms with van der Waals surface area (Å²) in [5, 5.41) is 0. The van der Waals surface area contributed by atoms with E-state index < -0.39 is 10.0 Å². The summed E-state index contributed by atoms with van der Waals surface area (Å²) in [6, 6.07) is 4.51. The van der Waals surface area contributed by atoms with Crippen LogP contribution >= 0.6 is 0 Å². The van der Waals surface area contributed by atoms with Crippen LogP contribution < -0.4 is 15.2 Å². The fourth-order valence-electron chi connectivity index (χ4n) is 1.60. The standard InChI is InChI=1S/C12H20N2O4S/c1-9(8-13)14(2)19(15,16)12-10(17-3)6-5-7-11(12)18-4/h5-7,9H,8,13H2,1-4H3. The summed E-state index contributed by atoms with van der Waals surface area (Å²) >= 11 is 0. The number of nitrogens with zero attached hydrogens (tertiary/aromatic N) is 1. The molecule has 0 aliphatic rings. The summed E-state index contributed by atoms with van der Waals surface area (Å²) in [6.45, 7) is 1.96. The third-order valence-electron chi connectivity index (χ3n) is 2.98. The molecule has 1 rings (SSSR count). The van der Waals surface area contributed by atoms with Gasteiger partial charge in [-0.1, -0.05) is 6.07 Å². The Kier molecular flexibility index (Phi) is 5.16. The lowest BCUT2D eigenvalue weighted by atomic mass is 10.3. The molecule has 0 fully saturated rings. The second-order valence-corrected chi connectivity index (χ2v) is 6.03. The van der Waals surface area contributed by atoms with Crippen LogP contribution in [0.15, 0.2) is 23.1 Å². The highest BCUT2D eigenvalue weighted by Gasteiger charge is 2.31. The number of likely N-dealkylation sites (N-methyl/N-ethyl adjacent to an activating group) is 1. The zero-order valence-corrected chi connectivity index (χ0v) is 12.4. The minimum atomic E-state index is -3.73. The van der Waals surface area contributed by atoms with Gasteiger partial charge in [-0.25, -0.2) is 8.42 Å². The molecule has 7 heteroatoms. The highest BCUT2D eigenvalue weighted by atomic mass is 32.2. The Bertz CT molecular complexity index is 508. The summed E-state index contributed by atoms with van der Waals surface area (Å²) in [7, 11) is 0.586. The van der Waals surface area contributed by atoms with E-state index in [4.69, 9.17) is 15.2 Å². The molecule has 1 aromatic rings. The Morgan fingerprint density at radius 1 is 1.26 bits per heavy atom. The Balaban J connectivity index is 3.43. The van der Waals surface area contributed by atoms with E-state index in [1.165, 1.54) is 25.6 Å². The quantitative estimate of drug-likeness (QED) is 0.832. The van der Waals surface area contributed by atoms with Crippen molar-refractivity contribution in [2.75, 3.05) is 27.8 Å². The molecule has 0 spiro atoms. The molecular formula is C12H20N2O4S. The molecular weight excluding hydrogens is 268 g/mol. The van der Waals surface area contributed by atoms with Gasteiger partial charge in [0.1, 0.15) is 11.5 Å². The van der Waals surface area contributed by atoms with E-state index in [0.717, 1.165) is 0 Å². The minimum Gasteiger partial charge on any atom is -0.495 e. The number of rotatable bonds is 6. The summed E-state index contributed by atoms with van der Waals surface area (Å²) in [5.74, 6) is 0.492. The van der Waals surface area contributed by atoms with Crippen LogP contribution in [0.2, 0.25) is 0 Å². The Morgan fingerprint density at radius 3 is 2.11 bits per heavy atom. The van der Waals surface area contributed by atoms with Gasteiger partial charge in [0.05, 0.1) is 14.2 Å². The average molecular weight is 288 g/mol. The zero-order valence-electron chi connectivity index (χ0n) is 11.6. The Labute approximate surface area is 114 Å². The largest absolute Gasteiger partial charge is 0.495 e. The van der Waals surface area contributed by atoms with Gasteiger partial charge in [-0.05, 0) is 19.1 Å². The SMILES string of the molecule is COc1cccc(OC)c1S(=O)(=O)N(C)C(C)CN. The van der Waals surface area contributed by atoms with Crippen molar-refractivity contribution >= 4 is 10.0 Å². The molecule has 6 nitrogen and oxygen atoms in total. The lowest BCUT2D eigenvalue weighted by molar-refractivity contribution is 0.359. The van der Waals surface area contributed by atoms with Crippen LogP contribution in [-0.4, -0.2) is 46.6 Å². The van der Waals surface area contributed by atoms with Crippen LogP contribution in [0, 0.1) is 0 Å². The number of benzene rings is 1. The number of sulfonamides is 1. The fraction of sp³-hybridized carbons (Fsp3) is 0.500. The van der Waals surface area contributed by atoms with Gasteiger partial charge in [0.2, 0.25) is 0 Å². The van der Waals surface area contributed by atoms with Crippen molar-refractivity contribution in [1.82, 2.24) is 4.31 Å². The van der Waals surface area contributed by atoms with Gasteiger partial charge in [0, 0.05) is 19.6 Å². The molecule has 0 heterocycles. The number of ether oxygens (including phenoxy) is 2. The van der Waals surface area contributed by atoms with Crippen molar-refractivity contribution in [1.29, 1.82) is 0 Å². The number of hydrogen-bond donors (Lipinski definition) is 1. The number of nitrogens with two attached hydrogens (primary N) is 1. The molecule has 19 heavy (non-hydrogen) atoms. The topological polar surface area (TPSA) is 81.9 Å². The lowest BCUT2D eigenvalue weighted by Crippen LogP contribution is -2.39. The summed E-state index contributed by atoms with van der Waals surface area (Å²) in [4.78, 5) is 0.0165. The highest BCUT2D eigenvalue weighted by molar-refractivity contribution is 7.89. The van der Waals surface area contributed by atoms with Crippen LogP contribution in [-0.2, 0) is 10.0 Å². The average Bonchev–Trinajstić information content (AvgIpc) is 2.44. The van der Waals surface area contributed by atoms with E-state index in [2.05, 4.69) is 0 Å². The number of methoxy groups -OCH3 is 2. The van der Waals surface area contributed by atoms with Crippen LogP contribution in [0.5, 0.6) is 11.5 Å². The number of hydrogen-bond acceptors (Lipinski definition) is 5. The van der Waals surface area contributed by atoms with Gasteiger partial charge >= 0.3 is 0 Å². The third-order valence-corrected chi connectivity index (χ3v) is 5.02. The molecule has 1 unspecified atom stereocenters. The Morgan fingerprint density at radius 2 is 1.74 bits per heavy atom. The maximum Gasteiger partial charge on any atom is 0.250 e. The van der Waals surface area contributed by atoms with Crippen molar-refractivity contribution in [2.45, 2.75) is 17.9 Å². The highest BCUT2D eigenvalue weighted by Crippen LogP contribution is 2.35. The second-order valence-electron chi connectivity index (χ2n) is 4.10. The zero-order chi connectivity index (χ0) is 14.6. The molecule has 1 aromatic carbocycles. The first-order chi connectivity index (χ1) is 8.89. The molecule has 2 N–H and O–H groups in total. The molecule has 0 saturated heterocycles. The first kappa shape index (κ1) is 15.7. The summed E-state index contributed by atoms with van der Waals surface area (Å²) in [6.07, 6.45) is 0. The van der Waals surface area contributed by atoms with E-state index in [-0.39, 0.29) is 29.0 Å². The van der Waals surface area contributed by atoms with E-state index in [1.807, 2.05) is 0 Å². The molecule has 1 atom stereocenters. The van der Waals surface area contributed by atoms with Crippen LogP contribution in [0.3, 0.4) is 0 Å². The predicted molar refractivity (Wildman–Crippen MR) is 73.0 cm³/mol. The van der Waals surface area contributed by atoms with Gasteiger partial charge in [-0.15, -0.1) is 0 Å². The smallest absolute Gasteiger partial charge is 0.250 e. The summed E-state index contributed by atoms with van der Waals surface area (Å²) in [5.41, 5.74) is 5.52. The first-order valence-electron chi connectivity index (χ1n) is 5.79. The lowest BCUT2D eigenvalue weighted by Gasteiger charge is -2.24. The van der Waals surface area contributed by atoms with E-state index in [9.17, 15) is 8.42 Å². The Hall–Kier alpha value is -1.31. The van der Waals surface area contributed by atoms with Gasteiger partial charge in [0.15, 0.2) is 4.90 Å². The van der Waals surface area contributed by atoms with Gasteiger partial charge < -0.3 is 15.2 Å². The fourth-order valence-corrected chi connectivity index (χ4v) is 3.26. The van der Waals surface area contributed by atoms with Crippen molar-refractivity contribution in [3.8, 4) is 11.5 Å². The van der Waals surface area contributed by atoms with Crippen LogP contribution in [0.4, 0.5) is 0 Å². The van der Waals surface area contributed by atoms with Crippen molar-refractivity contribution in [3.05, 3.63) is 18.2 Å². The first-order valence-corrected chi connectivity index (χ1v) is 7.23. The van der Waals surface area contributed by atoms with E-state index >= 15 is 0 Å². The van der Waals surface area contributed by atoms with Gasteiger partial charge in [-0.3, -0.25) is 0 Å². The molecule has 108 valence electrons. The van der Waals surface area contributed by atoms with Crippen molar-refractivity contribution in [2.24, 2.45) is 5.73 Å². The van der Waals surface area contributed by atoms with Crippen LogP contribution in [0.25, 0.3) is 0 Å². The van der Waals surface area contributed by atoms with Gasteiger partial charge in [-0.2, -0.15) is 4.31 Å². The molecule has 0 amide bonds. The van der Waals surface area contributed by atoms with E-state index in [0.29, 0.717) is 0 Å². The predicted octanol–water partition coefficient (Wildman–Crippen LogP) is 0.672. The van der Waals surface area contributed by atoms with E-state index in [1.54, 1.807) is 25.1 Å². The van der Waals surface area contributed by atoms with Crippen LogP contribution in [0.1, 0.15) is 6.92 Å². The maximum atomic E-state index is 12.6. The normalized spacial score (nSPS) is 13.4. The third kappa shape index (κ3) is 2.99. The molecule has 0 radical (unpaired) electrons. The summed E-state index contributed by atoms with van der Waals surface area (Å²) < 4.78 is 36.7. The molecule has 0 bridgehead atoms. The second kappa shape index (κ2) is 6.23. The van der Waals surface area contributed by atoms with Crippen molar-refractivity contribution < 1.29 is 17.9 Å².